The molecule has 1 aromatic carbocycles. The first-order chi connectivity index (χ1) is 8.17. The number of pyridine rings is 1. The van der Waals surface area contributed by atoms with E-state index in [2.05, 4.69) is 4.98 Å². The summed E-state index contributed by atoms with van der Waals surface area (Å²) in [5, 5.41) is 10.6. The molecule has 1 heterocycles. The lowest BCUT2D eigenvalue weighted by Crippen LogP contribution is -2.26. The first kappa shape index (κ1) is 10.4. The SMILES string of the molecule is OC1(c2cncc(F)c2)Cc2ccccc2C1. The molecule has 0 spiro atoms. The fraction of sp³-hybridized carbons (Fsp3) is 0.214. The van der Waals surface area contributed by atoms with Crippen LogP contribution in [0.5, 0.6) is 0 Å². The van der Waals surface area contributed by atoms with E-state index in [0.717, 1.165) is 17.3 Å². The van der Waals surface area contributed by atoms with Gasteiger partial charge in [0.05, 0.1) is 11.8 Å². The van der Waals surface area contributed by atoms with Crippen LogP contribution >= 0.6 is 0 Å². The Morgan fingerprint density at radius 2 is 1.76 bits per heavy atom. The Bertz CT molecular complexity index is 543. The topological polar surface area (TPSA) is 33.1 Å². The number of hydrogen-bond acceptors (Lipinski definition) is 2. The van der Waals surface area contributed by atoms with E-state index in [4.69, 9.17) is 0 Å². The molecule has 1 aliphatic rings. The molecule has 17 heavy (non-hydrogen) atoms. The molecule has 3 rings (SSSR count). The van der Waals surface area contributed by atoms with Crippen LogP contribution in [0.2, 0.25) is 0 Å². The van der Waals surface area contributed by atoms with Crippen molar-refractivity contribution in [1.82, 2.24) is 4.98 Å². The van der Waals surface area contributed by atoms with Crippen LogP contribution < -0.4 is 0 Å². The highest BCUT2D eigenvalue weighted by Gasteiger charge is 2.36. The third kappa shape index (κ3) is 1.72. The Kier molecular flexibility index (Phi) is 2.23. The second kappa shape index (κ2) is 3.64. The molecule has 0 unspecified atom stereocenters. The fourth-order valence-corrected chi connectivity index (χ4v) is 2.47. The molecule has 0 aliphatic heterocycles. The van der Waals surface area contributed by atoms with Gasteiger partial charge in [-0.2, -0.15) is 0 Å². The van der Waals surface area contributed by atoms with E-state index in [-0.39, 0.29) is 0 Å². The molecule has 1 aromatic heterocycles. The molecule has 2 aromatic rings. The monoisotopic (exact) mass is 229 g/mol. The van der Waals surface area contributed by atoms with Gasteiger partial charge < -0.3 is 5.11 Å². The lowest BCUT2D eigenvalue weighted by Gasteiger charge is -2.22. The number of aromatic nitrogens is 1. The fourth-order valence-electron chi connectivity index (χ4n) is 2.47. The molecule has 0 amide bonds. The van der Waals surface area contributed by atoms with Gasteiger partial charge in [-0.3, -0.25) is 4.98 Å². The standard InChI is InChI=1S/C14H12FNO/c15-13-5-12(8-16-9-13)14(17)6-10-3-1-2-4-11(10)7-14/h1-5,8-9,17H,6-7H2. The van der Waals surface area contributed by atoms with Crippen molar-refractivity contribution in [3.8, 4) is 0 Å². The highest BCUT2D eigenvalue weighted by atomic mass is 19.1. The molecular weight excluding hydrogens is 217 g/mol. The summed E-state index contributed by atoms with van der Waals surface area (Å²) in [6.45, 7) is 0. The number of hydrogen-bond donors (Lipinski definition) is 1. The smallest absolute Gasteiger partial charge is 0.141 e. The zero-order valence-corrected chi connectivity index (χ0v) is 9.23. The summed E-state index contributed by atoms with van der Waals surface area (Å²) in [4.78, 5) is 3.80. The minimum Gasteiger partial charge on any atom is -0.384 e. The average molecular weight is 229 g/mol. The van der Waals surface area contributed by atoms with Gasteiger partial charge in [0, 0.05) is 24.6 Å². The molecule has 1 aliphatic carbocycles. The van der Waals surface area contributed by atoms with Crippen molar-refractivity contribution in [2.75, 3.05) is 0 Å². The Hall–Kier alpha value is -1.74. The van der Waals surface area contributed by atoms with E-state index >= 15 is 0 Å². The van der Waals surface area contributed by atoms with E-state index < -0.39 is 11.4 Å². The van der Waals surface area contributed by atoms with E-state index in [0.29, 0.717) is 18.4 Å². The van der Waals surface area contributed by atoms with Gasteiger partial charge in [0.1, 0.15) is 5.82 Å². The molecule has 0 atom stereocenters. The van der Waals surface area contributed by atoms with Gasteiger partial charge in [0.15, 0.2) is 0 Å². The number of nitrogens with zero attached hydrogens (tertiary/aromatic N) is 1. The third-order valence-electron chi connectivity index (χ3n) is 3.33. The van der Waals surface area contributed by atoms with Gasteiger partial charge in [-0.25, -0.2) is 4.39 Å². The highest BCUT2D eigenvalue weighted by Crippen LogP contribution is 2.37. The molecule has 2 nitrogen and oxygen atoms in total. The van der Waals surface area contributed by atoms with Crippen molar-refractivity contribution >= 4 is 0 Å². The maximum Gasteiger partial charge on any atom is 0.141 e. The summed E-state index contributed by atoms with van der Waals surface area (Å²) >= 11 is 0. The van der Waals surface area contributed by atoms with Crippen LogP contribution in [0.15, 0.2) is 42.7 Å². The van der Waals surface area contributed by atoms with Crippen LogP contribution in [0.1, 0.15) is 16.7 Å². The molecule has 0 saturated heterocycles. The molecular formula is C14H12FNO. The number of aliphatic hydroxyl groups is 1. The molecule has 0 fully saturated rings. The quantitative estimate of drug-likeness (QED) is 0.813. The summed E-state index contributed by atoms with van der Waals surface area (Å²) in [5.41, 5.74) is 1.78. The third-order valence-corrected chi connectivity index (χ3v) is 3.33. The van der Waals surface area contributed by atoms with Crippen LogP contribution in [0.3, 0.4) is 0 Å². The summed E-state index contributed by atoms with van der Waals surface area (Å²) in [6.07, 6.45) is 3.73. The second-order valence-electron chi connectivity index (χ2n) is 4.55. The molecule has 86 valence electrons. The van der Waals surface area contributed by atoms with Gasteiger partial charge in [-0.15, -0.1) is 0 Å². The predicted octanol–water partition coefficient (Wildman–Crippen LogP) is 2.21. The summed E-state index contributed by atoms with van der Waals surface area (Å²) in [5.74, 6) is -0.410. The zero-order chi connectivity index (χ0) is 11.9. The van der Waals surface area contributed by atoms with Crippen LogP contribution in [0.4, 0.5) is 4.39 Å². The number of halogens is 1. The largest absolute Gasteiger partial charge is 0.384 e. The Morgan fingerprint density at radius 3 is 2.35 bits per heavy atom. The average Bonchev–Trinajstić information content (AvgIpc) is 2.66. The number of rotatable bonds is 1. The molecule has 3 heteroatoms. The van der Waals surface area contributed by atoms with Crippen LogP contribution in [-0.4, -0.2) is 10.1 Å². The highest BCUT2D eigenvalue weighted by molar-refractivity contribution is 5.39. The second-order valence-corrected chi connectivity index (χ2v) is 4.55. The van der Waals surface area contributed by atoms with Gasteiger partial charge >= 0.3 is 0 Å². The molecule has 0 saturated carbocycles. The van der Waals surface area contributed by atoms with Crippen molar-refractivity contribution in [2.24, 2.45) is 0 Å². The number of benzene rings is 1. The van der Waals surface area contributed by atoms with Gasteiger partial charge in [-0.05, 0) is 17.2 Å². The van der Waals surface area contributed by atoms with Crippen LogP contribution in [0.25, 0.3) is 0 Å². The first-order valence-electron chi connectivity index (χ1n) is 5.58. The summed E-state index contributed by atoms with van der Waals surface area (Å²) < 4.78 is 13.1. The van der Waals surface area contributed by atoms with Crippen molar-refractivity contribution in [1.29, 1.82) is 0 Å². The predicted molar refractivity (Wildman–Crippen MR) is 61.9 cm³/mol. The Balaban J connectivity index is 2.01. The van der Waals surface area contributed by atoms with E-state index in [1.807, 2.05) is 24.3 Å². The minimum atomic E-state index is -1.02. The van der Waals surface area contributed by atoms with Gasteiger partial charge in [-0.1, -0.05) is 24.3 Å². The normalized spacial score (nSPS) is 16.8. The molecule has 0 bridgehead atoms. The number of fused-ring (bicyclic) bond motifs is 1. The van der Waals surface area contributed by atoms with Crippen molar-refractivity contribution in [3.63, 3.8) is 0 Å². The van der Waals surface area contributed by atoms with Crippen molar-refractivity contribution in [2.45, 2.75) is 18.4 Å². The van der Waals surface area contributed by atoms with Gasteiger partial charge in [0.2, 0.25) is 0 Å². The summed E-state index contributed by atoms with van der Waals surface area (Å²) in [7, 11) is 0. The lowest BCUT2D eigenvalue weighted by atomic mass is 9.92. The molecule has 1 N–H and O–H groups in total. The van der Waals surface area contributed by atoms with E-state index in [9.17, 15) is 9.50 Å². The first-order valence-corrected chi connectivity index (χ1v) is 5.58. The van der Waals surface area contributed by atoms with Crippen molar-refractivity contribution < 1.29 is 9.50 Å². The molecule has 0 radical (unpaired) electrons. The zero-order valence-electron chi connectivity index (χ0n) is 9.23. The van der Waals surface area contributed by atoms with E-state index in [1.165, 1.54) is 12.3 Å². The maximum absolute atomic E-state index is 13.1. The van der Waals surface area contributed by atoms with Gasteiger partial charge in [0.25, 0.3) is 0 Å². The lowest BCUT2D eigenvalue weighted by molar-refractivity contribution is 0.0475. The van der Waals surface area contributed by atoms with Crippen LogP contribution in [-0.2, 0) is 18.4 Å². The van der Waals surface area contributed by atoms with E-state index in [1.54, 1.807) is 0 Å². The van der Waals surface area contributed by atoms with Crippen molar-refractivity contribution in [3.05, 3.63) is 65.2 Å². The summed E-state index contributed by atoms with van der Waals surface area (Å²) in [6, 6.07) is 9.27. The Morgan fingerprint density at radius 1 is 1.12 bits per heavy atom. The maximum atomic E-state index is 13.1. The van der Waals surface area contributed by atoms with Crippen LogP contribution in [0, 0.1) is 5.82 Å². The Labute approximate surface area is 98.8 Å². The minimum absolute atomic E-state index is 0.410.